The van der Waals surface area contributed by atoms with E-state index in [4.69, 9.17) is 0 Å². The number of nitrogens with one attached hydrogen (secondary N) is 2. The molecule has 5 rings (SSSR count). The summed E-state index contributed by atoms with van der Waals surface area (Å²) in [5, 5.41) is 14.5. The van der Waals surface area contributed by atoms with Gasteiger partial charge in [-0.3, -0.25) is 19.4 Å². The molecule has 0 aliphatic carbocycles. The minimum Gasteiger partial charge on any atom is -0.503 e. The van der Waals surface area contributed by atoms with E-state index in [2.05, 4.69) is 15.3 Å². The minimum atomic E-state index is -0.811. The van der Waals surface area contributed by atoms with Crippen molar-refractivity contribution in [3.63, 3.8) is 0 Å². The molecule has 8 nitrogen and oxygen atoms in total. The maximum absolute atomic E-state index is 13.5. The molecule has 0 saturated carbocycles. The second-order valence-electron chi connectivity index (χ2n) is 8.54. The third-order valence-electron chi connectivity index (χ3n) is 6.48. The van der Waals surface area contributed by atoms with Gasteiger partial charge in [0.15, 0.2) is 11.5 Å². The maximum Gasteiger partial charge on any atom is 0.290 e. The van der Waals surface area contributed by atoms with Crippen LogP contribution in [0, 0.1) is 0 Å². The number of hydrogen-bond donors (Lipinski definition) is 3. The molecule has 1 unspecified atom stereocenters. The Bertz CT molecular complexity index is 1490. The predicted molar refractivity (Wildman–Crippen MR) is 135 cm³/mol. The number of aromatic amines is 1. The molecule has 1 aliphatic rings. The smallest absolute Gasteiger partial charge is 0.290 e. The summed E-state index contributed by atoms with van der Waals surface area (Å²) in [5.41, 5.74) is 3.36. The van der Waals surface area contributed by atoms with E-state index >= 15 is 0 Å². The minimum absolute atomic E-state index is 0.000352. The molecule has 4 aromatic rings. The lowest BCUT2D eigenvalue weighted by atomic mass is 9.92. The Morgan fingerprint density at radius 3 is 2.56 bits per heavy atom. The highest BCUT2D eigenvalue weighted by molar-refractivity contribution is 6.16. The number of para-hydroxylation sites is 1. The van der Waals surface area contributed by atoms with Crippen LogP contribution in [0.15, 0.2) is 90.6 Å². The number of rotatable bonds is 7. The fourth-order valence-corrected chi connectivity index (χ4v) is 4.66. The Hall–Kier alpha value is -4.72. The van der Waals surface area contributed by atoms with Gasteiger partial charge in [0, 0.05) is 54.2 Å². The summed E-state index contributed by atoms with van der Waals surface area (Å²) in [6.45, 7) is 0.274. The fourth-order valence-electron chi connectivity index (χ4n) is 4.66. The van der Waals surface area contributed by atoms with Gasteiger partial charge in [0.05, 0.1) is 11.6 Å². The van der Waals surface area contributed by atoms with E-state index in [1.165, 1.54) is 11.1 Å². The van der Waals surface area contributed by atoms with Crippen LogP contribution in [0.1, 0.15) is 37.9 Å². The molecule has 3 heterocycles. The third-order valence-corrected chi connectivity index (χ3v) is 6.48. The van der Waals surface area contributed by atoms with Crippen molar-refractivity contribution < 1.29 is 19.5 Å². The van der Waals surface area contributed by atoms with Gasteiger partial charge < -0.3 is 20.3 Å². The summed E-state index contributed by atoms with van der Waals surface area (Å²) >= 11 is 0. The number of carbonyl (C=O) groups is 3. The molecule has 2 amide bonds. The van der Waals surface area contributed by atoms with Crippen LogP contribution >= 0.6 is 0 Å². The van der Waals surface area contributed by atoms with Crippen molar-refractivity contribution >= 4 is 28.5 Å². The lowest BCUT2D eigenvalue weighted by Crippen LogP contribution is -2.33. The normalized spacial score (nSPS) is 15.5. The number of benzene rings is 2. The largest absolute Gasteiger partial charge is 0.503 e. The summed E-state index contributed by atoms with van der Waals surface area (Å²) in [4.78, 5) is 47.5. The van der Waals surface area contributed by atoms with Gasteiger partial charge in [-0.25, -0.2) is 0 Å². The topological polar surface area (TPSA) is 115 Å². The Balaban J connectivity index is 1.52. The summed E-state index contributed by atoms with van der Waals surface area (Å²) in [6, 6.07) is 17.0. The number of pyridine rings is 1. The van der Waals surface area contributed by atoms with Gasteiger partial charge in [-0.1, -0.05) is 30.3 Å². The van der Waals surface area contributed by atoms with Gasteiger partial charge in [0.1, 0.15) is 0 Å². The molecule has 36 heavy (non-hydrogen) atoms. The third kappa shape index (κ3) is 4.02. The van der Waals surface area contributed by atoms with Gasteiger partial charge in [-0.05, 0) is 47.9 Å². The Morgan fingerprint density at radius 1 is 1.06 bits per heavy atom. The summed E-state index contributed by atoms with van der Waals surface area (Å²) in [5.74, 6) is -1.89. The number of nitrogens with zero attached hydrogens (tertiary/aromatic N) is 2. The first-order chi connectivity index (χ1) is 17.5. The van der Waals surface area contributed by atoms with Crippen LogP contribution in [0.4, 0.5) is 0 Å². The van der Waals surface area contributed by atoms with E-state index < -0.39 is 23.5 Å². The van der Waals surface area contributed by atoms with Crippen molar-refractivity contribution in [2.24, 2.45) is 0 Å². The van der Waals surface area contributed by atoms with Gasteiger partial charge in [0.2, 0.25) is 0 Å². The quantitative estimate of drug-likeness (QED) is 0.349. The molecule has 1 atom stereocenters. The lowest BCUT2D eigenvalue weighted by Gasteiger charge is -2.27. The van der Waals surface area contributed by atoms with Crippen molar-refractivity contribution in [2.75, 3.05) is 13.6 Å². The molecular weight excluding hydrogens is 456 g/mol. The Morgan fingerprint density at radius 2 is 1.83 bits per heavy atom. The van der Waals surface area contributed by atoms with Crippen LogP contribution in [0.3, 0.4) is 0 Å². The van der Waals surface area contributed by atoms with Crippen LogP contribution in [0.2, 0.25) is 0 Å². The monoisotopic (exact) mass is 480 g/mol. The number of aromatic nitrogens is 2. The van der Waals surface area contributed by atoms with Crippen molar-refractivity contribution in [3.05, 3.63) is 113 Å². The first kappa shape index (κ1) is 23.0. The molecule has 2 aromatic carbocycles. The molecule has 8 heteroatoms. The van der Waals surface area contributed by atoms with Gasteiger partial charge >= 0.3 is 0 Å². The van der Waals surface area contributed by atoms with Crippen molar-refractivity contribution in [3.8, 4) is 0 Å². The zero-order valence-electron chi connectivity index (χ0n) is 19.6. The zero-order valence-corrected chi connectivity index (χ0v) is 19.6. The number of aliphatic hydroxyl groups is 1. The Kier molecular flexibility index (Phi) is 6.08. The van der Waals surface area contributed by atoms with Crippen molar-refractivity contribution in [2.45, 2.75) is 12.5 Å². The number of H-pyrrole nitrogens is 1. The van der Waals surface area contributed by atoms with Gasteiger partial charge in [-0.2, -0.15) is 0 Å². The highest BCUT2D eigenvalue weighted by Crippen LogP contribution is 2.39. The summed E-state index contributed by atoms with van der Waals surface area (Å²) < 4.78 is 0. The van der Waals surface area contributed by atoms with Crippen molar-refractivity contribution in [1.82, 2.24) is 20.2 Å². The first-order valence-electron chi connectivity index (χ1n) is 11.6. The lowest BCUT2D eigenvalue weighted by molar-refractivity contribution is -0.129. The van der Waals surface area contributed by atoms with Gasteiger partial charge in [0.25, 0.3) is 11.8 Å². The molecule has 0 bridgehead atoms. The number of hydrogen-bond acceptors (Lipinski definition) is 5. The van der Waals surface area contributed by atoms with Crippen LogP contribution in [-0.4, -0.2) is 51.2 Å². The van der Waals surface area contributed by atoms with Crippen LogP contribution < -0.4 is 5.32 Å². The Labute approximate surface area is 207 Å². The average Bonchev–Trinajstić information content (AvgIpc) is 3.45. The molecule has 0 radical (unpaired) electrons. The second-order valence-corrected chi connectivity index (χ2v) is 8.54. The average molecular weight is 481 g/mol. The highest BCUT2D eigenvalue weighted by atomic mass is 16.3. The molecule has 0 saturated heterocycles. The molecule has 0 fully saturated rings. The molecular formula is C28H24N4O4. The van der Waals surface area contributed by atoms with E-state index in [0.717, 1.165) is 16.5 Å². The predicted octanol–water partition coefficient (Wildman–Crippen LogP) is 3.74. The number of carbonyl (C=O) groups excluding carboxylic acids is 3. The molecule has 3 N–H and O–H groups in total. The molecule has 1 aliphatic heterocycles. The highest BCUT2D eigenvalue weighted by Gasteiger charge is 2.43. The number of Topliss-reactive ketones (excluding diaryl/α,β-unsaturated/α-hetero) is 1. The SMILES string of the molecule is CNC(=O)c1ccc(C2C(C(=O)c3cccnc3)=C(O)C(=O)N2CCc2c[nH]c3ccccc23)cc1. The second kappa shape index (κ2) is 9.50. The maximum atomic E-state index is 13.5. The number of amides is 2. The molecule has 0 spiro atoms. The van der Waals surface area contributed by atoms with E-state index in [1.54, 1.807) is 49.6 Å². The van der Waals surface area contributed by atoms with Crippen LogP contribution in [0.25, 0.3) is 10.9 Å². The molecule has 180 valence electrons. The van der Waals surface area contributed by atoms with Crippen LogP contribution in [0.5, 0.6) is 0 Å². The first-order valence-corrected chi connectivity index (χ1v) is 11.6. The number of fused-ring (bicyclic) bond motifs is 1. The summed E-state index contributed by atoms with van der Waals surface area (Å²) in [6.07, 6.45) is 5.39. The van der Waals surface area contributed by atoms with Gasteiger partial charge in [-0.15, -0.1) is 0 Å². The standard InChI is InChI=1S/C28H24N4O4/c1-29-27(35)18-10-8-17(9-11-18)24-23(25(33)20-5-4-13-30-15-20)26(34)28(36)32(24)14-12-19-16-31-22-7-3-2-6-21(19)22/h2-11,13,15-16,24,31,34H,12,14H2,1H3,(H,29,35). The van der Waals surface area contributed by atoms with E-state index in [0.29, 0.717) is 17.5 Å². The van der Waals surface area contributed by atoms with Crippen LogP contribution in [-0.2, 0) is 11.2 Å². The van der Waals surface area contributed by atoms with E-state index in [-0.39, 0.29) is 23.6 Å². The number of ketones is 1. The van der Waals surface area contributed by atoms with E-state index in [9.17, 15) is 19.5 Å². The van der Waals surface area contributed by atoms with E-state index in [1.807, 2.05) is 30.5 Å². The zero-order chi connectivity index (χ0) is 25.2. The van der Waals surface area contributed by atoms with Crippen molar-refractivity contribution in [1.29, 1.82) is 0 Å². The fraction of sp³-hybridized carbons (Fsp3) is 0.143. The summed E-state index contributed by atoms with van der Waals surface area (Å²) in [7, 11) is 1.55. The molecule has 2 aromatic heterocycles. The number of aliphatic hydroxyl groups excluding tert-OH is 1.